The number of halogens is 1. The molecule has 20 heavy (non-hydrogen) atoms. The fourth-order valence-electron chi connectivity index (χ4n) is 2.47. The molecule has 1 aliphatic heterocycles. The molecule has 0 aromatic carbocycles. The number of hydrogen-bond acceptors (Lipinski definition) is 4. The van der Waals surface area contributed by atoms with Gasteiger partial charge in [-0.1, -0.05) is 0 Å². The Labute approximate surface area is 131 Å². The number of rotatable bonds is 5. The molecule has 1 aromatic heterocycles. The molecule has 1 saturated heterocycles. The van der Waals surface area contributed by atoms with Crippen LogP contribution in [0, 0.1) is 11.8 Å². The summed E-state index contributed by atoms with van der Waals surface area (Å²) in [6.07, 6.45) is 6.77. The first-order chi connectivity index (χ1) is 9.74. The highest BCUT2D eigenvalue weighted by molar-refractivity contribution is 9.10. The Morgan fingerprint density at radius 2 is 2.05 bits per heavy atom. The van der Waals surface area contributed by atoms with Crippen molar-refractivity contribution in [3.05, 3.63) is 21.0 Å². The van der Waals surface area contributed by atoms with Crippen LogP contribution in [0.15, 0.2) is 15.5 Å². The van der Waals surface area contributed by atoms with Crippen molar-refractivity contribution in [3.8, 4) is 0 Å². The predicted octanol–water partition coefficient (Wildman–Crippen LogP) is 2.97. The van der Waals surface area contributed by atoms with E-state index in [0.717, 1.165) is 24.7 Å². The van der Waals surface area contributed by atoms with Crippen molar-refractivity contribution in [2.75, 3.05) is 23.4 Å². The van der Waals surface area contributed by atoms with E-state index in [1.807, 2.05) is 11.8 Å². The van der Waals surface area contributed by atoms with Crippen LogP contribution in [0.3, 0.4) is 0 Å². The number of nitrogens with zero attached hydrogens (tertiary/aromatic N) is 2. The first-order valence-electron chi connectivity index (χ1n) is 7.31. The van der Waals surface area contributed by atoms with Crippen molar-refractivity contribution >= 4 is 33.4 Å². The smallest absolute Gasteiger partial charge is 0.283 e. The lowest BCUT2D eigenvalue weighted by molar-refractivity contribution is 0.513. The molecule has 0 amide bonds. The van der Waals surface area contributed by atoms with Crippen molar-refractivity contribution in [1.82, 2.24) is 9.78 Å². The van der Waals surface area contributed by atoms with Crippen LogP contribution in [0.2, 0.25) is 0 Å². The van der Waals surface area contributed by atoms with Crippen LogP contribution in [0.1, 0.15) is 25.7 Å². The second kappa shape index (κ2) is 6.52. The van der Waals surface area contributed by atoms with Crippen molar-refractivity contribution in [3.63, 3.8) is 0 Å². The van der Waals surface area contributed by atoms with E-state index in [4.69, 9.17) is 0 Å². The minimum Gasteiger partial charge on any atom is -0.382 e. The van der Waals surface area contributed by atoms with Gasteiger partial charge in [0.1, 0.15) is 4.47 Å². The Balaban J connectivity index is 1.63. The van der Waals surface area contributed by atoms with Crippen LogP contribution in [-0.4, -0.2) is 27.8 Å². The van der Waals surface area contributed by atoms with Gasteiger partial charge in [-0.2, -0.15) is 16.9 Å². The fourth-order valence-corrected chi connectivity index (χ4v) is 4.12. The Bertz CT molecular complexity index is 524. The van der Waals surface area contributed by atoms with Gasteiger partial charge >= 0.3 is 0 Å². The molecule has 2 fully saturated rings. The summed E-state index contributed by atoms with van der Waals surface area (Å²) in [5, 5.41) is 7.68. The average molecular weight is 358 g/mol. The maximum atomic E-state index is 12.2. The molecule has 4 nitrogen and oxygen atoms in total. The zero-order chi connectivity index (χ0) is 13.9. The summed E-state index contributed by atoms with van der Waals surface area (Å²) in [4.78, 5) is 12.2. The summed E-state index contributed by atoms with van der Waals surface area (Å²) in [5.41, 5.74) is 0.821. The summed E-state index contributed by atoms with van der Waals surface area (Å²) in [6, 6.07) is 0. The quantitative estimate of drug-likeness (QED) is 0.879. The van der Waals surface area contributed by atoms with E-state index in [-0.39, 0.29) is 5.56 Å². The maximum Gasteiger partial charge on any atom is 0.283 e. The monoisotopic (exact) mass is 357 g/mol. The minimum absolute atomic E-state index is 0.0129. The Morgan fingerprint density at radius 1 is 1.30 bits per heavy atom. The molecule has 1 aromatic rings. The van der Waals surface area contributed by atoms with Crippen molar-refractivity contribution in [1.29, 1.82) is 0 Å². The van der Waals surface area contributed by atoms with Crippen LogP contribution < -0.4 is 10.9 Å². The molecule has 0 bridgehead atoms. The molecular weight excluding hydrogens is 338 g/mol. The van der Waals surface area contributed by atoms with E-state index in [2.05, 4.69) is 26.3 Å². The van der Waals surface area contributed by atoms with Crippen LogP contribution in [0.4, 0.5) is 5.69 Å². The van der Waals surface area contributed by atoms with Crippen molar-refractivity contribution in [2.24, 2.45) is 11.8 Å². The molecule has 1 N–H and O–H groups in total. The SMILES string of the molecule is O=c1c(Br)c(NCC2CCSCC2)cnn1CC1CC1. The highest BCUT2D eigenvalue weighted by atomic mass is 79.9. The topological polar surface area (TPSA) is 46.9 Å². The standard InChI is InChI=1S/C14H20BrN3OS/c15-13-12(16-7-10-3-5-20-6-4-10)8-17-18(14(13)19)9-11-1-2-11/h8,10-11,16H,1-7,9H2. The molecule has 0 unspecified atom stereocenters. The van der Waals surface area contributed by atoms with Gasteiger partial charge in [-0.15, -0.1) is 0 Å². The summed E-state index contributed by atoms with van der Waals surface area (Å²) in [6.45, 7) is 1.70. The molecule has 0 atom stereocenters. The van der Waals surface area contributed by atoms with Crippen LogP contribution in [0.25, 0.3) is 0 Å². The number of anilines is 1. The van der Waals surface area contributed by atoms with E-state index >= 15 is 0 Å². The molecule has 2 aliphatic rings. The number of nitrogens with one attached hydrogen (secondary N) is 1. The molecule has 110 valence electrons. The Kier molecular flexibility index (Phi) is 4.71. The summed E-state index contributed by atoms with van der Waals surface area (Å²) in [7, 11) is 0. The Morgan fingerprint density at radius 3 is 2.75 bits per heavy atom. The lowest BCUT2D eigenvalue weighted by atomic mass is 10.0. The second-order valence-corrected chi connectivity index (χ2v) is 7.76. The molecule has 0 spiro atoms. The molecule has 1 saturated carbocycles. The van der Waals surface area contributed by atoms with Gasteiger partial charge in [0.2, 0.25) is 0 Å². The lowest BCUT2D eigenvalue weighted by Gasteiger charge is -2.22. The van der Waals surface area contributed by atoms with Crippen molar-refractivity contribution < 1.29 is 0 Å². The fraction of sp³-hybridized carbons (Fsp3) is 0.714. The summed E-state index contributed by atoms with van der Waals surface area (Å²) < 4.78 is 2.21. The van der Waals surface area contributed by atoms with Gasteiger partial charge in [0.05, 0.1) is 11.9 Å². The van der Waals surface area contributed by atoms with Gasteiger partial charge in [0.15, 0.2) is 0 Å². The number of hydrogen-bond donors (Lipinski definition) is 1. The maximum absolute atomic E-state index is 12.2. The van der Waals surface area contributed by atoms with E-state index in [1.54, 1.807) is 10.9 Å². The highest BCUT2D eigenvalue weighted by Gasteiger charge is 2.23. The van der Waals surface area contributed by atoms with Crippen LogP contribution in [-0.2, 0) is 6.54 Å². The molecule has 6 heteroatoms. The predicted molar refractivity (Wildman–Crippen MR) is 87.5 cm³/mol. The third-order valence-electron chi connectivity index (χ3n) is 4.04. The van der Waals surface area contributed by atoms with Gasteiger partial charge in [0.25, 0.3) is 5.56 Å². The molecule has 3 rings (SSSR count). The van der Waals surface area contributed by atoms with Crippen LogP contribution in [0.5, 0.6) is 0 Å². The number of thioether (sulfide) groups is 1. The molecule has 2 heterocycles. The molecule has 1 aliphatic carbocycles. The third kappa shape index (κ3) is 3.58. The highest BCUT2D eigenvalue weighted by Crippen LogP contribution is 2.30. The van der Waals surface area contributed by atoms with Gasteiger partial charge in [0, 0.05) is 13.1 Å². The largest absolute Gasteiger partial charge is 0.382 e. The van der Waals surface area contributed by atoms with E-state index in [1.165, 1.54) is 37.2 Å². The first kappa shape index (κ1) is 14.4. The third-order valence-corrected chi connectivity index (χ3v) is 5.85. The second-order valence-electron chi connectivity index (χ2n) is 5.74. The van der Waals surface area contributed by atoms with E-state index < -0.39 is 0 Å². The van der Waals surface area contributed by atoms with Gasteiger partial charge in [-0.05, 0) is 65.0 Å². The normalized spacial score (nSPS) is 20.1. The summed E-state index contributed by atoms with van der Waals surface area (Å²) >= 11 is 5.46. The van der Waals surface area contributed by atoms with Gasteiger partial charge in [-0.25, -0.2) is 4.68 Å². The average Bonchev–Trinajstić information content (AvgIpc) is 3.28. The van der Waals surface area contributed by atoms with Crippen LogP contribution >= 0.6 is 27.7 Å². The first-order valence-corrected chi connectivity index (χ1v) is 9.26. The Hall–Kier alpha value is -0.490. The van der Waals surface area contributed by atoms with Gasteiger partial charge in [-0.3, -0.25) is 4.79 Å². The minimum atomic E-state index is -0.0129. The number of aromatic nitrogens is 2. The zero-order valence-corrected chi connectivity index (χ0v) is 13.9. The van der Waals surface area contributed by atoms with E-state index in [9.17, 15) is 4.79 Å². The lowest BCUT2D eigenvalue weighted by Crippen LogP contribution is -2.26. The zero-order valence-electron chi connectivity index (χ0n) is 11.5. The van der Waals surface area contributed by atoms with Gasteiger partial charge < -0.3 is 5.32 Å². The molecule has 0 radical (unpaired) electrons. The summed E-state index contributed by atoms with van der Waals surface area (Å²) in [5.74, 6) is 3.89. The molecular formula is C14H20BrN3OS. The van der Waals surface area contributed by atoms with Crippen molar-refractivity contribution in [2.45, 2.75) is 32.2 Å². The van der Waals surface area contributed by atoms with E-state index in [0.29, 0.717) is 10.4 Å².